The summed E-state index contributed by atoms with van der Waals surface area (Å²) in [6.07, 6.45) is 0. The third-order valence-corrected chi connectivity index (χ3v) is 3.43. The average molecular weight is 283 g/mol. The van der Waals surface area contributed by atoms with Crippen LogP contribution in [0.4, 0.5) is 8.78 Å². The fourth-order valence-electron chi connectivity index (χ4n) is 1.92. The van der Waals surface area contributed by atoms with Gasteiger partial charge in [-0.2, -0.15) is 0 Å². The Labute approximate surface area is 115 Å². The Balaban J connectivity index is 2.50. The SMILES string of the molecule is COc1ccccc1C(Cl)c1cc(C)c(F)cc1F. The van der Waals surface area contributed by atoms with Crippen LogP contribution in [0, 0.1) is 18.6 Å². The predicted molar refractivity (Wildman–Crippen MR) is 71.8 cm³/mol. The van der Waals surface area contributed by atoms with Crippen LogP contribution >= 0.6 is 11.6 Å². The van der Waals surface area contributed by atoms with Crippen LogP contribution in [0.5, 0.6) is 5.75 Å². The minimum absolute atomic E-state index is 0.241. The molecular formula is C15H13ClF2O. The van der Waals surface area contributed by atoms with E-state index in [1.54, 1.807) is 31.2 Å². The van der Waals surface area contributed by atoms with Gasteiger partial charge in [0.15, 0.2) is 0 Å². The minimum atomic E-state index is -0.726. The Kier molecular flexibility index (Phi) is 4.05. The fraction of sp³-hybridized carbons (Fsp3) is 0.200. The average Bonchev–Trinajstić information content (AvgIpc) is 2.42. The Morgan fingerprint density at radius 3 is 2.42 bits per heavy atom. The van der Waals surface area contributed by atoms with E-state index in [2.05, 4.69) is 0 Å². The number of aryl methyl sites for hydroxylation is 1. The lowest BCUT2D eigenvalue weighted by molar-refractivity contribution is 0.410. The van der Waals surface area contributed by atoms with Crippen molar-refractivity contribution in [3.63, 3.8) is 0 Å². The van der Waals surface area contributed by atoms with Crippen LogP contribution in [-0.4, -0.2) is 7.11 Å². The second-order valence-corrected chi connectivity index (χ2v) is 4.66. The molecule has 1 atom stereocenters. The predicted octanol–water partition coefficient (Wildman–Crippen LogP) is 4.61. The van der Waals surface area contributed by atoms with Crippen molar-refractivity contribution in [2.24, 2.45) is 0 Å². The number of alkyl halides is 1. The molecule has 4 heteroatoms. The summed E-state index contributed by atoms with van der Waals surface area (Å²) in [7, 11) is 1.52. The summed E-state index contributed by atoms with van der Waals surface area (Å²) in [5.41, 5.74) is 1.25. The minimum Gasteiger partial charge on any atom is -0.496 e. The first-order chi connectivity index (χ1) is 9.04. The molecule has 2 rings (SSSR count). The summed E-state index contributed by atoms with van der Waals surface area (Å²) < 4.78 is 32.3. The van der Waals surface area contributed by atoms with Gasteiger partial charge in [-0.15, -0.1) is 11.6 Å². The first-order valence-corrected chi connectivity index (χ1v) is 6.20. The molecule has 0 bridgehead atoms. The standard InChI is InChI=1S/C15H13ClF2O/c1-9-7-11(13(18)8-12(9)17)15(16)10-5-3-4-6-14(10)19-2/h3-8,15H,1-2H3. The molecule has 0 saturated heterocycles. The van der Waals surface area contributed by atoms with Crippen LogP contribution in [0.25, 0.3) is 0 Å². The fourth-order valence-corrected chi connectivity index (χ4v) is 2.26. The summed E-state index contributed by atoms with van der Waals surface area (Å²) in [5.74, 6) is -0.664. The lowest BCUT2D eigenvalue weighted by atomic mass is 10.0. The topological polar surface area (TPSA) is 9.23 Å². The maximum Gasteiger partial charge on any atom is 0.131 e. The van der Waals surface area contributed by atoms with Crippen LogP contribution in [0.3, 0.4) is 0 Å². The Morgan fingerprint density at radius 1 is 1.05 bits per heavy atom. The van der Waals surface area contributed by atoms with E-state index in [1.165, 1.54) is 13.2 Å². The number of rotatable bonds is 3. The van der Waals surface area contributed by atoms with Gasteiger partial charge in [-0.05, 0) is 24.6 Å². The smallest absolute Gasteiger partial charge is 0.131 e. The molecule has 0 aliphatic rings. The maximum atomic E-state index is 13.8. The van der Waals surface area contributed by atoms with Crippen LogP contribution < -0.4 is 4.74 Å². The molecule has 0 amide bonds. The summed E-state index contributed by atoms with van der Waals surface area (Å²) in [6, 6.07) is 9.39. The van der Waals surface area contributed by atoms with Crippen molar-refractivity contribution in [3.05, 3.63) is 64.7 Å². The Bertz CT molecular complexity index is 599. The number of hydrogen-bond acceptors (Lipinski definition) is 1. The zero-order valence-corrected chi connectivity index (χ0v) is 11.3. The number of methoxy groups -OCH3 is 1. The molecule has 100 valence electrons. The summed E-state index contributed by atoms with van der Waals surface area (Å²) in [4.78, 5) is 0. The third kappa shape index (κ3) is 2.71. The van der Waals surface area contributed by atoms with Crippen molar-refractivity contribution in [1.82, 2.24) is 0 Å². The highest BCUT2D eigenvalue weighted by Gasteiger charge is 2.20. The lowest BCUT2D eigenvalue weighted by Crippen LogP contribution is -2.01. The van der Waals surface area contributed by atoms with E-state index in [-0.39, 0.29) is 5.56 Å². The van der Waals surface area contributed by atoms with Gasteiger partial charge in [0, 0.05) is 17.2 Å². The van der Waals surface area contributed by atoms with Gasteiger partial charge in [0.1, 0.15) is 17.4 Å². The van der Waals surface area contributed by atoms with E-state index in [0.29, 0.717) is 16.9 Å². The quantitative estimate of drug-likeness (QED) is 0.747. The van der Waals surface area contributed by atoms with Gasteiger partial charge < -0.3 is 4.74 Å². The van der Waals surface area contributed by atoms with Crippen molar-refractivity contribution < 1.29 is 13.5 Å². The molecule has 0 spiro atoms. The van der Waals surface area contributed by atoms with Crippen molar-refractivity contribution in [3.8, 4) is 5.75 Å². The van der Waals surface area contributed by atoms with Crippen LogP contribution in [0.15, 0.2) is 36.4 Å². The maximum absolute atomic E-state index is 13.8. The van der Waals surface area contributed by atoms with Crippen molar-refractivity contribution in [1.29, 1.82) is 0 Å². The third-order valence-electron chi connectivity index (χ3n) is 2.96. The first kappa shape index (κ1) is 13.8. The molecule has 0 saturated carbocycles. The second-order valence-electron chi connectivity index (χ2n) is 4.23. The van der Waals surface area contributed by atoms with Gasteiger partial charge in [0.2, 0.25) is 0 Å². The first-order valence-electron chi connectivity index (χ1n) is 5.77. The molecule has 1 nitrogen and oxygen atoms in total. The highest BCUT2D eigenvalue weighted by molar-refractivity contribution is 6.22. The number of halogens is 3. The lowest BCUT2D eigenvalue weighted by Gasteiger charge is -2.15. The molecule has 19 heavy (non-hydrogen) atoms. The van der Waals surface area contributed by atoms with Crippen LogP contribution in [0.1, 0.15) is 22.1 Å². The molecule has 0 aromatic heterocycles. The summed E-state index contributed by atoms with van der Waals surface area (Å²) in [6.45, 7) is 1.57. The molecule has 1 unspecified atom stereocenters. The number of para-hydroxylation sites is 1. The Morgan fingerprint density at radius 2 is 1.74 bits per heavy atom. The van der Waals surface area contributed by atoms with Gasteiger partial charge >= 0.3 is 0 Å². The van der Waals surface area contributed by atoms with Gasteiger partial charge in [0.25, 0.3) is 0 Å². The van der Waals surface area contributed by atoms with Crippen molar-refractivity contribution in [2.45, 2.75) is 12.3 Å². The molecule has 0 fully saturated rings. The summed E-state index contributed by atoms with van der Waals surface area (Å²) >= 11 is 6.30. The van der Waals surface area contributed by atoms with Crippen LogP contribution in [-0.2, 0) is 0 Å². The molecule has 2 aromatic rings. The Hall–Kier alpha value is -1.61. The van der Waals surface area contributed by atoms with Crippen LogP contribution in [0.2, 0.25) is 0 Å². The van der Waals surface area contributed by atoms with E-state index in [4.69, 9.17) is 16.3 Å². The zero-order valence-electron chi connectivity index (χ0n) is 10.6. The molecule has 0 aliphatic heterocycles. The van der Waals surface area contributed by atoms with Gasteiger partial charge in [0.05, 0.1) is 12.5 Å². The normalized spacial score (nSPS) is 12.3. The van der Waals surface area contributed by atoms with E-state index in [0.717, 1.165) is 6.07 Å². The monoisotopic (exact) mass is 282 g/mol. The molecule has 0 radical (unpaired) electrons. The number of benzene rings is 2. The molecule has 2 aromatic carbocycles. The molecule has 0 N–H and O–H groups in total. The highest BCUT2D eigenvalue weighted by atomic mass is 35.5. The molecule has 0 aliphatic carbocycles. The number of hydrogen-bond donors (Lipinski definition) is 0. The van der Waals surface area contributed by atoms with E-state index in [1.807, 2.05) is 0 Å². The van der Waals surface area contributed by atoms with E-state index >= 15 is 0 Å². The van der Waals surface area contributed by atoms with Crippen molar-refractivity contribution in [2.75, 3.05) is 7.11 Å². The molecular weight excluding hydrogens is 270 g/mol. The van der Waals surface area contributed by atoms with Crippen molar-refractivity contribution >= 4 is 11.6 Å². The van der Waals surface area contributed by atoms with E-state index < -0.39 is 17.0 Å². The largest absolute Gasteiger partial charge is 0.496 e. The second kappa shape index (κ2) is 5.57. The number of ether oxygens (including phenoxy) is 1. The summed E-state index contributed by atoms with van der Waals surface area (Å²) in [5, 5.41) is -0.726. The molecule has 0 heterocycles. The van der Waals surface area contributed by atoms with Gasteiger partial charge in [-0.25, -0.2) is 8.78 Å². The highest BCUT2D eigenvalue weighted by Crippen LogP contribution is 2.36. The zero-order chi connectivity index (χ0) is 14.0. The van der Waals surface area contributed by atoms with E-state index in [9.17, 15) is 8.78 Å². The van der Waals surface area contributed by atoms with Gasteiger partial charge in [-0.1, -0.05) is 18.2 Å². The van der Waals surface area contributed by atoms with Gasteiger partial charge in [-0.3, -0.25) is 0 Å².